The number of rotatable bonds is 2. The predicted molar refractivity (Wildman–Crippen MR) is 53.1 cm³/mol. The normalized spacial score (nSPS) is 9.40. The second-order valence-corrected chi connectivity index (χ2v) is 3.53. The predicted octanol–water partition coefficient (Wildman–Crippen LogP) is 2.43. The molecule has 74 valence electrons. The second kappa shape index (κ2) is 4.68. The Morgan fingerprint density at radius 1 is 1.40 bits per heavy atom. The van der Waals surface area contributed by atoms with E-state index in [0.717, 1.165) is 6.07 Å². The van der Waals surface area contributed by atoms with Crippen LogP contribution in [0.5, 0.6) is 0 Å². The van der Waals surface area contributed by atoms with Crippen LogP contribution in [0, 0.1) is 34.4 Å². The third kappa shape index (κ3) is 2.39. The van der Waals surface area contributed by atoms with Crippen LogP contribution >= 0.6 is 15.9 Å². The molecule has 0 saturated carbocycles. The number of benzene rings is 1. The van der Waals surface area contributed by atoms with E-state index in [1.54, 1.807) is 12.1 Å². The van der Waals surface area contributed by atoms with Gasteiger partial charge in [-0.2, -0.15) is 10.5 Å². The maximum absolute atomic E-state index is 12.8. The lowest BCUT2D eigenvalue weighted by Gasteiger charge is -2.03. The van der Waals surface area contributed by atoms with Crippen LogP contribution in [0.2, 0.25) is 0 Å². The Morgan fingerprint density at radius 2 is 2.00 bits per heavy atom. The molecule has 1 aromatic carbocycles. The molecular formula is C10H4BrFN2O. The van der Waals surface area contributed by atoms with E-state index in [1.165, 1.54) is 12.1 Å². The molecular weight excluding hydrogens is 263 g/mol. The molecule has 1 rings (SSSR count). The number of nitriles is 2. The zero-order chi connectivity index (χ0) is 11.4. The fraction of sp³-hybridized carbons (Fsp3) is 0.100. The Hall–Kier alpha value is -1.72. The Labute approximate surface area is 93.9 Å². The summed E-state index contributed by atoms with van der Waals surface area (Å²) in [6, 6.07) is 6.61. The van der Waals surface area contributed by atoms with Crippen LogP contribution in [-0.2, 0) is 0 Å². The van der Waals surface area contributed by atoms with Crippen molar-refractivity contribution in [3.8, 4) is 12.1 Å². The Kier molecular flexibility index (Phi) is 3.54. The largest absolute Gasteiger partial charge is 0.291 e. The van der Waals surface area contributed by atoms with Gasteiger partial charge in [-0.25, -0.2) is 4.39 Å². The molecule has 0 bridgehead atoms. The van der Waals surface area contributed by atoms with Crippen molar-refractivity contribution >= 4 is 21.7 Å². The SMILES string of the molecule is N#CC(C#N)C(=O)c1cc(F)ccc1Br. The number of ketones is 1. The minimum Gasteiger partial charge on any atom is -0.291 e. The first-order chi connectivity index (χ1) is 7.10. The average molecular weight is 267 g/mol. The summed E-state index contributed by atoms with van der Waals surface area (Å²) in [7, 11) is 0. The van der Waals surface area contributed by atoms with Crippen LogP contribution < -0.4 is 0 Å². The lowest BCUT2D eigenvalue weighted by Crippen LogP contribution is -2.11. The van der Waals surface area contributed by atoms with Crippen molar-refractivity contribution in [2.24, 2.45) is 5.92 Å². The fourth-order valence-corrected chi connectivity index (χ4v) is 1.43. The van der Waals surface area contributed by atoms with E-state index in [4.69, 9.17) is 10.5 Å². The van der Waals surface area contributed by atoms with Gasteiger partial charge < -0.3 is 0 Å². The van der Waals surface area contributed by atoms with Crippen LogP contribution in [0.1, 0.15) is 10.4 Å². The topological polar surface area (TPSA) is 64.7 Å². The molecule has 0 N–H and O–H groups in total. The zero-order valence-electron chi connectivity index (χ0n) is 7.37. The highest BCUT2D eigenvalue weighted by atomic mass is 79.9. The molecule has 0 amide bonds. The summed E-state index contributed by atoms with van der Waals surface area (Å²) in [6.45, 7) is 0. The van der Waals surface area contributed by atoms with E-state index in [9.17, 15) is 9.18 Å². The van der Waals surface area contributed by atoms with Crippen molar-refractivity contribution in [3.05, 3.63) is 34.1 Å². The highest BCUT2D eigenvalue weighted by molar-refractivity contribution is 9.10. The van der Waals surface area contributed by atoms with Gasteiger partial charge in [0.2, 0.25) is 0 Å². The number of hydrogen-bond acceptors (Lipinski definition) is 3. The van der Waals surface area contributed by atoms with E-state index in [0.29, 0.717) is 4.47 Å². The standard InChI is InChI=1S/C10H4BrFN2O/c11-9-2-1-7(12)3-8(9)10(15)6(4-13)5-14/h1-3,6H. The van der Waals surface area contributed by atoms with Gasteiger partial charge in [0.25, 0.3) is 0 Å². The molecule has 0 aliphatic heterocycles. The van der Waals surface area contributed by atoms with Gasteiger partial charge in [0.05, 0.1) is 12.1 Å². The maximum Gasteiger partial charge on any atom is 0.195 e. The first-order valence-corrected chi connectivity index (χ1v) is 4.68. The van der Waals surface area contributed by atoms with E-state index >= 15 is 0 Å². The van der Waals surface area contributed by atoms with Crippen molar-refractivity contribution in [2.45, 2.75) is 0 Å². The molecule has 0 atom stereocenters. The molecule has 0 aliphatic carbocycles. The van der Waals surface area contributed by atoms with Gasteiger partial charge in [0.1, 0.15) is 5.82 Å². The number of carbonyl (C=O) groups excluding carboxylic acids is 1. The molecule has 3 nitrogen and oxygen atoms in total. The first kappa shape index (κ1) is 11.4. The van der Waals surface area contributed by atoms with Gasteiger partial charge >= 0.3 is 0 Å². The Morgan fingerprint density at radius 3 is 2.53 bits per heavy atom. The summed E-state index contributed by atoms with van der Waals surface area (Å²) >= 11 is 3.05. The van der Waals surface area contributed by atoms with E-state index in [2.05, 4.69) is 15.9 Å². The second-order valence-electron chi connectivity index (χ2n) is 2.68. The van der Waals surface area contributed by atoms with Crippen molar-refractivity contribution in [3.63, 3.8) is 0 Å². The Balaban J connectivity index is 3.18. The van der Waals surface area contributed by atoms with Crippen molar-refractivity contribution in [2.75, 3.05) is 0 Å². The van der Waals surface area contributed by atoms with Crippen molar-refractivity contribution in [1.82, 2.24) is 0 Å². The lowest BCUT2D eigenvalue weighted by molar-refractivity contribution is 0.0969. The highest BCUT2D eigenvalue weighted by Gasteiger charge is 2.21. The zero-order valence-corrected chi connectivity index (χ0v) is 8.95. The molecule has 0 radical (unpaired) electrons. The molecule has 15 heavy (non-hydrogen) atoms. The van der Waals surface area contributed by atoms with Gasteiger partial charge in [-0.05, 0) is 18.2 Å². The van der Waals surface area contributed by atoms with Gasteiger partial charge in [0, 0.05) is 10.0 Å². The van der Waals surface area contributed by atoms with Gasteiger partial charge in [-0.1, -0.05) is 15.9 Å². The monoisotopic (exact) mass is 266 g/mol. The lowest BCUT2D eigenvalue weighted by atomic mass is 10.0. The quantitative estimate of drug-likeness (QED) is 0.773. The number of Topliss-reactive ketones (excluding diaryl/α,β-unsaturated/α-hetero) is 1. The minimum absolute atomic E-state index is 0.00287. The number of carbonyl (C=O) groups is 1. The van der Waals surface area contributed by atoms with Crippen LogP contribution in [0.25, 0.3) is 0 Å². The number of nitrogens with zero attached hydrogens (tertiary/aromatic N) is 2. The summed E-state index contributed by atoms with van der Waals surface area (Å²) in [5.74, 6) is -2.69. The van der Waals surface area contributed by atoms with E-state index in [-0.39, 0.29) is 5.56 Å². The highest BCUT2D eigenvalue weighted by Crippen LogP contribution is 2.20. The molecule has 0 fully saturated rings. The van der Waals surface area contributed by atoms with E-state index < -0.39 is 17.5 Å². The van der Waals surface area contributed by atoms with Crippen LogP contribution in [0.15, 0.2) is 22.7 Å². The smallest absolute Gasteiger partial charge is 0.195 e. The average Bonchev–Trinajstić information content (AvgIpc) is 2.23. The van der Waals surface area contributed by atoms with Crippen molar-refractivity contribution in [1.29, 1.82) is 10.5 Å². The molecule has 5 heteroatoms. The van der Waals surface area contributed by atoms with Crippen LogP contribution in [-0.4, -0.2) is 5.78 Å². The summed E-state index contributed by atoms with van der Waals surface area (Å²) in [4.78, 5) is 11.5. The molecule has 0 aliphatic rings. The summed E-state index contributed by atoms with van der Waals surface area (Å²) < 4.78 is 13.2. The van der Waals surface area contributed by atoms with Gasteiger partial charge in [-0.15, -0.1) is 0 Å². The summed E-state index contributed by atoms with van der Waals surface area (Å²) in [6.07, 6.45) is 0. The van der Waals surface area contributed by atoms with Gasteiger partial charge in [-0.3, -0.25) is 4.79 Å². The molecule has 0 spiro atoms. The van der Waals surface area contributed by atoms with Crippen LogP contribution in [0.4, 0.5) is 4.39 Å². The Bertz CT molecular complexity index is 473. The molecule has 1 aromatic rings. The molecule has 0 unspecified atom stereocenters. The summed E-state index contributed by atoms with van der Waals surface area (Å²) in [5, 5.41) is 17.0. The van der Waals surface area contributed by atoms with Gasteiger partial charge in [0.15, 0.2) is 11.7 Å². The fourth-order valence-electron chi connectivity index (χ4n) is 0.988. The number of hydrogen-bond donors (Lipinski definition) is 0. The molecule has 0 heterocycles. The summed E-state index contributed by atoms with van der Waals surface area (Å²) in [5.41, 5.74) is 0.00287. The molecule has 0 aromatic heterocycles. The number of halogens is 2. The van der Waals surface area contributed by atoms with Crippen molar-refractivity contribution < 1.29 is 9.18 Å². The minimum atomic E-state index is -1.40. The maximum atomic E-state index is 12.8. The third-order valence-corrected chi connectivity index (χ3v) is 2.41. The molecule has 0 saturated heterocycles. The third-order valence-electron chi connectivity index (χ3n) is 1.71. The van der Waals surface area contributed by atoms with Crippen LogP contribution in [0.3, 0.4) is 0 Å². The first-order valence-electron chi connectivity index (χ1n) is 3.88. The van der Waals surface area contributed by atoms with E-state index in [1.807, 2.05) is 0 Å².